The summed E-state index contributed by atoms with van der Waals surface area (Å²) in [6.45, 7) is 26.8. The van der Waals surface area contributed by atoms with Crippen molar-refractivity contribution >= 4 is 35.8 Å². The van der Waals surface area contributed by atoms with Crippen molar-refractivity contribution in [2.45, 2.75) is 131 Å². The van der Waals surface area contributed by atoms with Crippen LogP contribution >= 0.6 is 0 Å². The van der Waals surface area contributed by atoms with E-state index in [-0.39, 0.29) is 51.2 Å². The Bertz CT molecular complexity index is 1100. The predicted molar refractivity (Wildman–Crippen MR) is 218 cm³/mol. The highest BCUT2D eigenvalue weighted by Crippen LogP contribution is 2.19. The Balaban J connectivity index is -0.000000331. The van der Waals surface area contributed by atoms with Gasteiger partial charge in [-0.2, -0.15) is 0 Å². The van der Waals surface area contributed by atoms with E-state index in [4.69, 9.17) is 19.7 Å². The van der Waals surface area contributed by atoms with Gasteiger partial charge in [0.2, 0.25) is 0 Å². The van der Waals surface area contributed by atoms with Crippen molar-refractivity contribution in [2.75, 3.05) is 39.6 Å². The maximum atomic E-state index is 11.2. The van der Waals surface area contributed by atoms with Gasteiger partial charge >= 0.3 is 35.8 Å². The average molecular weight is 799 g/mol. The third kappa shape index (κ3) is 51.8. The molecule has 0 aliphatic heterocycles. The molecule has 0 heterocycles. The fraction of sp³-hybridized carbons (Fsp3) is 0.674. The van der Waals surface area contributed by atoms with Crippen LogP contribution in [-0.4, -0.2) is 85.7 Å². The zero-order chi connectivity index (χ0) is 43.6. The van der Waals surface area contributed by atoms with Gasteiger partial charge < -0.3 is 33.9 Å². The maximum Gasteiger partial charge on any atom is 0.333 e. The molecule has 0 spiro atoms. The van der Waals surface area contributed by atoms with Crippen molar-refractivity contribution < 1.29 is 62.7 Å². The van der Waals surface area contributed by atoms with E-state index in [1.165, 1.54) is 70.3 Å². The largest absolute Gasteiger partial charge is 0.481 e. The van der Waals surface area contributed by atoms with E-state index in [0.29, 0.717) is 30.6 Å². The number of aliphatic hydroxyl groups is 1. The molecule has 2 unspecified atom stereocenters. The van der Waals surface area contributed by atoms with E-state index in [0.717, 1.165) is 30.9 Å². The molecule has 2 N–H and O–H groups in total. The van der Waals surface area contributed by atoms with Gasteiger partial charge in [0.05, 0.1) is 32.7 Å². The molecule has 0 fully saturated rings. The molecule has 0 saturated carbocycles. The highest BCUT2D eigenvalue weighted by atomic mass is 16.6. The molecule has 2 atom stereocenters. The van der Waals surface area contributed by atoms with Crippen molar-refractivity contribution in [1.82, 2.24) is 0 Å². The molecule has 0 aliphatic carbocycles. The van der Waals surface area contributed by atoms with Gasteiger partial charge in [-0.1, -0.05) is 119 Å². The standard InChI is InChI=1S/C15H28O2.C14H26O2.C9H12O6.C5H8O3/c1-3-5-6-7-8-9-10-11-12-13-14-17-15(16)4-2;1-10(2)7-12(5)8-13(6)9-16-14(15)11(3)4;1-2-8(12)14-5-6-15-9(13)4-3-7(10)11;1-2-5(7)8-4-3-6/h4H,2-3,5-14H2,1H3;10,12-13H,3,7-9H2,1-2,4-6H3;2H,1,3-6H2,(H,10,11);2,6H,1,3-4H2. The molecule has 13 nitrogen and oxygen atoms in total. The summed E-state index contributed by atoms with van der Waals surface area (Å²) in [6.07, 6.45) is 18.1. The monoisotopic (exact) mass is 799 g/mol. The minimum absolute atomic E-state index is 0.0465. The zero-order valence-corrected chi connectivity index (χ0v) is 35.3. The molecule has 0 saturated heterocycles. The van der Waals surface area contributed by atoms with Gasteiger partial charge in [0, 0.05) is 23.8 Å². The lowest BCUT2D eigenvalue weighted by atomic mass is 9.91. The fourth-order valence-electron chi connectivity index (χ4n) is 4.66. The fourth-order valence-corrected chi connectivity index (χ4v) is 4.66. The summed E-state index contributed by atoms with van der Waals surface area (Å²) in [5, 5.41) is 16.3. The number of rotatable bonds is 29. The van der Waals surface area contributed by atoms with Crippen molar-refractivity contribution in [1.29, 1.82) is 0 Å². The second kappa shape index (κ2) is 43.5. The number of carbonyl (C=O) groups excluding carboxylic acids is 5. The van der Waals surface area contributed by atoms with Gasteiger partial charge in [0.15, 0.2) is 0 Å². The van der Waals surface area contributed by atoms with Crippen LogP contribution in [0.3, 0.4) is 0 Å². The highest BCUT2D eigenvalue weighted by molar-refractivity contribution is 5.87. The number of carbonyl (C=O) groups is 6. The Morgan fingerprint density at radius 3 is 1.46 bits per heavy atom. The van der Waals surface area contributed by atoms with Crippen LogP contribution in [0, 0.1) is 17.8 Å². The summed E-state index contributed by atoms with van der Waals surface area (Å²) >= 11 is 0. The molecular formula is C43H74O13. The van der Waals surface area contributed by atoms with Crippen molar-refractivity contribution in [2.24, 2.45) is 17.8 Å². The number of ether oxygens (including phenoxy) is 5. The van der Waals surface area contributed by atoms with E-state index >= 15 is 0 Å². The number of carboxylic acid groups (broad SMARTS) is 1. The predicted octanol–water partition coefficient (Wildman–Crippen LogP) is 8.28. The highest BCUT2D eigenvalue weighted by Gasteiger charge is 2.13. The summed E-state index contributed by atoms with van der Waals surface area (Å²) in [6, 6.07) is 0. The Labute approximate surface area is 336 Å². The van der Waals surface area contributed by atoms with Gasteiger partial charge in [-0.25, -0.2) is 19.2 Å². The molecular weight excluding hydrogens is 724 g/mol. The summed E-state index contributed by atoms with van der Waals surface area (Å²) < 4.78 is 23.5. The molecule has 0 aromatic rings. The van der Waals surface area contributed by atoms with Crippen molar-refractivity contribution in [3.8, 4) is 0 Å². The SMILES string of the molecule is C=C(C)C(=O)OCC(C)CC(C)CC(C)C.C=CC(=O)OCCCCCCCCCCCC.C=CC(=O)OCCO.C=CC(=O)OCCOC(=O)CCC(=O)O. The van der Waals surface area contributed by atoms with Crippen LogP contribution in [0.15, 0.2) is 50.1 Å². The van der Waals surface area contributed by atoms with Gasteiger partial charge in [-0.3, -0.25) is 9.59 Å². The Kier molecular flexibility index (Phi) is 45.4. The molecule has 0 rings (SSSR count). The first-order chi connectivity index (χ1) is 26.5. The minimum Gasteiger partial charge on any atom is -0.481 e. The van der Waals surface area contributed by atoms with Crippen LogP contribution in [0.4, 0.5) is 0 Å². The number of aliphatic carboxylic acids is 1. The smallest absolute Gasteiger partial charge is 0.333 e. The molecule has 0 aromatic carbocycles. The number of hydrogen-bond acceptors (Lipinski definition) is 12. The molecule has 0 amide bonds. The lowest BCUT2D eigenvalue weighted by molar-refractivity contribution is -0.151. The van der Waals surface area contributed by atoms with Crippen LogP contribution < -0.4 is 0 Å². The summed E-state index contributed by atoms with van der Waals surface area (Å²) in [5.41, 5.74) is 0.474. The zero-order valence-electron chi connectivity index (χ0n) is 35.3. The van der Waals surface area contributed by atoms with Gasteiger partial charge in [-0.05, 0) is 43.9 Å². The molecule has 13 heteroatoms. The van der Waals surface area contributed by atoms with Gasteiger partial charge in [-0.15, -0.1) is 0 Å². The van der Waals surface area contributed by atoms with Gasteiger partial charge in [0.25, 0.3) is 0 Å². The average Bonchev–Trinajstić information content (AvgIpc) is 3.15. The van der Waals surface area contributed by atoms with Crippen molar-refractivity contribution in [3.05, 3.63) is 50.1 Å². The van der Waals surface area contributed by atoms with E-state index in [1.54, 1.807) is 6.92 Å². The topological polar surface area (TPSA) is 189 Å². The van der Waals surface area contributed by atoms with Gasteiger partial charge in [0.1, 0.15) is 19.8 Å². The summed E-state index contributed by atoms with van der Waals surface area (Å²) in [4.78, 5) is 63.4. The third-order valence-corrected chi connectivity index (χ3v) is 7.24. The first-order valence-corrected chi connectivity index (χ1v) is 19.7. The number of unbranched alkanes of at least 4 members (excludes halogenated alkanes) is 9. The van der Waals surface area contributed by atoms with Crippen LogP contribution in [0.2, 0.25) is 0 Å². The van der Waals surface area contributed by atoms with Crippen LogP contribution in [0.1, 0.15) is 131 Å². The van der Waals surface area contributed by atoms with E-state index < -0.39 is 23.9 Å². The van der Waals surface area contributed by atoms with Crippen LogP contribution in [-0.2, 0) is 52.5 Å². The summed E-state index contributed by atoms with van der Waals surface area (Å²) in [5.74, 6) is -1.52. The Morgan fingerprint density at radius 2 is 1.04 bits per heavy atom. The number of carboxylic acids is 1. The molecule has 0 aromatic heterocycles. The first-order valence-electron chi connectivity index (χ1n) is 19.7. The maximum absolute atomic E-state index is 11.2. The van der Waals surface area contributed by atoms with E-state index in [9.17, 15) is 28.8 Å². The molecule has 56 heavy (non-hydrogen) atoms. The third-order valence-electron chi connectivity index (χ3n) is 7.24. The second-order valence-corrected chi connectivity index (χ2v) is 13.6. The second-order valence-electron chi connectivity index (χ2n) is 13.6. The molecule has 324 valence electrons. The normalized spacial score (nSPS) is 10.9. The Morgan fingerprint density at radius 1 is 0.589 bits per heavy atom. The molecule has 0 radical (unpaired) electrons. The number of aliphatic hydroxyl groups excluding tert-OH is 1. The molecule has 0 bridgehead atoms. The number of esters is 5. The van der Waals surface area contributed by atoms with E-state index in [1.807, 2.05) is 0 Å². The molecule has 0 aliphatic rings. The Hall–Kier alpha value is -4.26. The lowest BCUT2D eigenvalue weighted by Crippen LogP contribution is -2.15. The first kappa shape index (κ1) is 58.4. The number of hydrogen-bond donors (Lipinski definition) is 2. The van der Waals surface area contributed by atoms with Crippen LogP contribution in [0.25, 0.3) is 0 Å². The van der Waals surface area contributed by atoms with Crippen molar-refractivity contribution in [3.63, 3.8) is 0 Å². The van der Waals surface area contributed by atoms with Crippen LogP contribution in [0.5, 0.6) is 0 Å². The lowest BCUT2D eigenvalue weighted by Gasteiger charge is -2.18. The van der Waals surface area contributed by atoms with E-state index in [2.05, 4.69) is 75.1 Å². The summed E-state index contributed by atoms with van der Waals surface area (Å²) in [7, 11) is 0. The quantitative estimate of drug-likeness (QED) is 0.0319. The minimum atomic E-state index is -1.06.